The van der Waals surface area contributed by atoms with Crippen LogP contribution in [0.2, 0.25) is 0 Å². The number of amides is 1. The molecular formula is C23H30N2O. The van der Waals surface area contributed by atoms with Crippen LogP contribution < -0.4 is 10.2 Å². The van der Waals surface area contributed by atoms with Gasteiger partial charge in [0, 0.05) is 24.3 Å². The topological polar surface area (TPSA) is 32.3 Å². The molecule has 1 heterocycles. The molecule has 0 aromatic heterocycles. The number of nitrogens with zero attached hydrogens (tertiary/aromatic N) is 1. The van der Waals surface area contributed by atoms with Crippen molar-refractivity contribution in [1.29, 1.82) is 0 Å². The Morgan fingerprint density at radius 3 is 2.50 bits per heavy atom. The molecule has 1 aliphatic rings. The number of carbonyl (C=O) groups excluding carboxylic acids is 1. The summed E-state index contributed by atoms with van der Waals surface area (Å²) in [4.78, 5) is 15.0. The lowest BCUT2D eigenvalue weighted by molar-refractivity contribution is 0.0940. The zero-order chi connectivity index (χ0) is 18.7. The molecule has 2 atom stereocenters. The van der Waals surface area contributed by atoms with Gasteiger partial charge >= 0.3 is 0 Å². The summed E-state index contributed by atoms with van der Waals surface area (Å²) in [5.74, 6) is 0.745. The Labute approximate surface area is 157 Å². The monoisotopic (exact) mass is 350 g/mol. The van der Waals surface area contributed by atoms with Crippen LogP contribution in [0.4, 0.5) is 5.69 Å². The zero-order valence-corrected chi connectivity index (χ0v) is 16.4. The number of rotatable bonds is 4. The van der Waals surface area contributed by atoms with Crippen molar-refractivity contribution in [2.24, 2.45) is 5.92 Å². The van der Waals surface area contributed by atoms with Gasteiger partial charge in [0.25, 0.3) is 5.91 Å². The van der Waals surface area contributed by atoms with Gasteiger partial charge in [-0.3, -0.25) is 4.79 Å². The maximum atomic E-state index is 12.5. The molecule has 1 saturated heterocycles. The molecule has 26 heavy (non-hydrogen) atoms. The summed E-state index contributed by atoms with van der Waals surface area (Å²) < 4.78 is 0. The predicted octanol–water partition coefficient (Wildman–Crippen LogP) is 5.03. The lowest BCUT2D eigenvalue weighted by Gasteiger charge is -2.33. The molecular weight excluding hydrogens is 320 g/mol. The van der Waals surface area contributed by atoms with Crippen molar-refractivity contribution < 1.29 is 4.79 Å². The summed E-state index contributed by atoms with van der Waals surface area (Å²) in [6.07, 6.45) is 2.60. The molecule has 2 unspecified atom stereocenters. The molecule has 1 amide bonds. The molecule has 3 rings (SSSR count). The Bertz CT molecular complexity index is 766. The first-order chi connectivity index (χ1) is 12.4. The highest BCUT2D eigenvalue weighted by Gasteiger charge is 2.17. The molecule has 138 valence electrons. The van der Waals surface area contributed by atoms with Crippen molar-refractivity contribution in [3.8, 4) is 0 Å². The van der Waals surface area contributed by atoms with Crippen LogP contribution in [0.3, 0.4) is 0 Å². The van der Waals surface area contributed by atoms with Gasteiger partial charge in [-0.25, -0.2) is 0 Å². The van der Waals surface area contributed by atoms with Crippen molar-refractivity contribution >= 4 is 11.6 Å². The van der Waals surface area contributed by atoms with Crippen LogP contribution in [-0.2, 0) is 0 Å². The molecule has 0 aliphatic carbocycles. The molecule has 1 fully saturated rings. The van der Waals surface area contributed by atoms with E-state index in [2.05, 4.69) is 48.3 Å². The fraction of sp³-hybridized carbons (Fsp3) is 0.435. The van der Waals surface area contributed by atoms with E-state index in [1.54, 1.807) is 0 Å². The van der Waals surface area contributed by atoms with Crippen LogP contribution in [0.5, 0.6) is 0 Å². The van der Waals surface area contributed by atoms with Crippen molar-refractivity contribution in [2.75, 3.05) is 18.0 Å². The van der Waals surface area contributed by atoms with Gasteiger partial charge in [-0.1, -0.05) is 25.1 Å². The molecule has 2 aromatic rings. The number of benzene rings is 2. The van der Waals surface area contributed by atoms with E-state index >= 15 is 0 Å². The maximum absolute atomic E-state index is 12.5. The quantitative estimate of drug-likeness (QED) is 0.839. The first-order valence-electron chi connectivity index (χ1n) is 9.67. The summed E-state index contributed by atoms with van der Waals surface area (Å²) >= 11 is 0. The van der Waals surface area contributed by atoms with Gasteiger partial charge < -0.3 is 10.2 Å². The summed E-state index contributed by atoms with van der Waals surface area (Å²) in [5, 5.41) is 3.11. The first kappa shape index (κ1) is 18.5. The van der Waals surface area contributed by atoms with Gasteiger partial charge in [0.2, 0.25) is 0 Å². The highest BCUT2D eigenvalue weighted by molar-refractivity contribution is 5.94. The molecule has 0 spiro atoms. The van der Waals surface area contributed by atoms with E-state index in [0.29, 0.717) is 0 Å². The van der Waals surface area contributed by atoms with Crippen LogP contribution in [-0.4, -0.2) is 19.0 Å². The second-order valence-corrected chi connectivity index (χ2v) is 7.78. The molecule has 1 aliphatic heterocycles. The smallest absolute Gasteiger partial charge is 0.251 e. The Morgan fingerprint density at radius 2 is 1.85 bits per heavy atom. The van der Waals surface area contributed by atoms with E-state index in [-0.39, 0.29) is 11.9 Å². The zero-order valence-electron chi connectivity index (χ0n) is 16.4. The minimum Gasteiger partial charge on any atom is -0.371 e. The molecule has 0 saturated carbocycles. The van der Waals surface area contributed by atoms with E-state index < -0.39 is 0 Å². The van der Waals surface area contributed by atoms with Gasteiger partial charge in [-0.05, 0) is 80.5 Å². The predicted molar refractivity (Wildman–Crippen MR) is 109 cm³/mol. The lowest BCUT2D eigenvalue weighted by Crippen LogP contribution is -2.34. The number of piperidine rings is 1. The average Bonchev–Trinajstić information content (AvgIpc) is 2.64. The minimum atomic E-state index is -0.0190. The van der Waals surface area contributed by atoms with Crippen molar-refractivity contribution in [3.05, 3.63) is 64.7 Å². The number of aryl methyl sites for hydroxylation is 2. The van der Waals surface area contributed by atoms with Crippen LogP contribution in [0.25, 0.3) is 0 Å². The number of carbonyl (C=O) groups is 1. The van der Waals surface area contributed by atoms with Gasteiger partial charge in [0.05, 0.1) is 6.04 Å². The molecule has 1 N–H and O–H groups in total. The van der Waals surface area contributed by atoms with Gasteiger partial charge in [0.1, 0.15) is 0 Å². The highest BCUT2D eigenvalue weighted by Crippen LogP contribution is 2.24. The number of hydrogen-bond donors (Lipinski definition) is 1. The van der Waals surface area contributed by atoms with E-state index in [9.17, 15) is 4.79 Å². The standard InChI is InChI=1S/C23H30N2O/c1-16-6-5-13-25(15-16)22-11-9-20(10-12-22)19(4)24-23(26)21-8-7-17(2)18(3)14-21/h7-12,14,16,19H,5-6,13,15H2,1-4H3,(H,24,26). The summed E-state index contributed by atoms with van der Waals surface area (Å²) in [6.45, 7) is 10.7. The van der Waals surface area contributed by atoms with Crippen LogP contribution in [0.15, 0.2) is 42.5 Å². The third-order valence-corrected chi connectivity index (χ3v) is 5.53. The summed E-state index contributed by atoms with van der Waals surface area (Å²) in [5.41, 5.74) is 5.49. The molecule has 3 heteroatoms. The van der Waals surface area contributed by atoms with Crippen molar-refractivity contribution in [3.63, 3.8) is 0 Å². The summed E-state index contributed by atoms with van der Waals surface area (Å²) in [6, 6.07) is 14.5. The SMILES string of the molecule is Cc1ccc(C(=O)NC(C)c2ccc(N3CCCC(C)C3)cc2)cc1C. The maximum Gasteiger partial charge on any atom is 0.251 e. The normalized spacial score (nSPS) is 18.5. The third kappa shape index (κ3) is 4.27. The highest BCUT2D eigenvalue weighted by atomic mass is 16.1. The van der Waals surface area contributed by atoms with E-state index in [4.69, 9.17) is 0 Å². The number of anilines is 1. The Balaban J connectivity index is 1.65. The van der Waals surface area contributed by atoms with E-state index in [0.717, 1.165) is 35.7 Å². The van der Waals surface area contributed by atoms with E-state index in [1.807, 2.05) is 32.0 Å². The molecule has 0 radical (unpaired) electrons. The second-order valence-electron chi connectivity index (χ2n) is 7.78. The van der Waals surface area contributed by atoms with Gasteiger partial charge in [-0.2, -0.15) is 0 Å². The van der Waals surface area contributed by atoms with Crippen LogP contribution >= 0.6 is 0 Å². The Kier molecular flexibility index (Phi) is 5.65. The Hall–Kier alpha value is -2.29. The fourth-order valence-electron chi connectivity index (χ4n) is 3.64. The Morgan fingerprint density at radius 1 is 1.12 bits per heavy atom. The molecule has 2 aromatic carbocycles. The van der Waals surface area contributed by atoms with Crippen molar-refractivity contribution in [2.45, 2.75) is 46.6 Å². The van der Waals surface area contributed by atoms with Gasteiger partial charge in [0.15, 0.2) is 0 Å². The fourth-order valence-corrected chi connectivity index (χ4v) is 3.64. The number of hydrogen-bond acceptors (Lipinski definition) is 2. The van der Waals surface area contributed by atoms with E-state index in [1.165, 1.54) is 24.1 Å². The minimum absolute atomic E-state index is 0.0153. The number of nitrogens with one attached hydrogen (secondary N) is 1. The lowest BCUT2D eigenvalue weighted by atomic mass is 9.99. The molecule has 0 bridgehead atoms. The van der Waals surface area contributed by atoms with Crippen LogP contribution in [0.1, 0.15) is 59.8 Å². The van der Waals surface area contributed by atoms with Crippen LogP contribution in [0, 0.1) is 19.8 Å². The first-order valence-corrected chi connectivity index (χ1v) is 9.67. The van der Waals surface area contributed by atoms with Crippen molar-refractivity contribution in [1.82, 2.24) is 5.32 Å². The largest absolute Gasteiger partial charge is 0.371 e. The average molecular weight is 351 g/mol. The molecule has 3 nitrogen and oxygen atoms in total. The second kappa shape index (κ2) is 7.94. The third-order valence-electron chi connectivity index (χ3n) is 5.53. The summed E-state index contributed by atoms with van der Waals surface area (Å²) in [7, 11) is 0. The van der Waals surface area contributed by atoms with Gasteiger partial charge in [-0.15, -0.1) is 0 Å².